The minimum absolute atomic E-state index is 0.332. The number of rotatable bonds is 6. The summed E-state index contributed by atoms with van der Waals surface area (Å²) in [4.78, 5) is 12.1. The van der Waals surface area contributed by atoms with E-state index in [0.717, 1.165) is 18.7 Å². The molecule has 2 aliphatic rings. The van der Waals surface area contributed by atoms with E-state index in [2.05, 4.69) is 21.3 Å². The van der Waals surface area contributed by atoms with Gasteiger partial charge in [0.15, 0.2) is 0 Å². The van der Waals surface area contributed by atoms with Crippen molar-refractivity contribution in [2.75, 3.05) is 6.54 Å². The summed E-state index contributed by atoms with van der Waals surface area (Å²) in [7, 11) is 0. The van der Waals surface area contributed by atoms with Crippen molar-refractivity contribution in [2.45, 2.75) is 76.3 Å². The number of piperidine rings is 1. The van der Waals surface area contributed by atoms with Crippen LogP contribution in [-0.4, -0.2) is 28.2 Å². The van der Waals surface area contributed by atoms with Gasteiger partial charge in [-0.25, -0.2) is 0 Å². The van der Waals surface area contributed by atoms with E-state index in [9.17, 15) is 4.79 Å². The zero-order valence-electron chi connectivity index (χ0n) is 12.9. The van der Waals surface area contributed by atoms with Crippen LogP contribution in [0.2, 0.25) is 0 Å². The van der Waals surface area contributed by atoms with Gasteiger partial charge in [-0.2, -0.15) is 5.10 Å². The second-order valence-electron chi connectivity index (χ2n) is 6.63. The lowest BCUT2D eigenvalue weighted by Gasteiger charge is -2.22. The Bertz CT molecular complexity index is 456. The molecule has 1 atom stereocenters. The number of carbonyl (C=O) groups excluding carboxylic acids is 1. The maximum Gasteiger partial charge on any atom is 0.138 e. The maximum atomic E-state index is 12.1. The van der Waals surface area contributed by atoms with Gasteiger partial charge in [-0.3, -0.25) is 9.48 Å². The van der Waals surface area contributed by atoms with Crippen molar-refractivity contribution in [3.05, 3.63) is 18.0 Å². The van der Waals surface area contributed by atoms with Gasteiger partial charge in [0.25, 0.3) is 0 Å². The SMILES string of the molecule is O=C(CCC1CCCCN1)Cc1ccn(C2CCCC2)n1. The van der Waals surface area contributed by atoms with Crippen LogP contribution < -0.4 is 5.32 Å². The van der Waals surface area contributed by atoms with Gasteiger partial charge in [-0.15, -0.1) is 0 Å². The quantitative estimate of drug-likeness (QED) is 0.875. The molecule has 0 spiro atoms. The van der Waals surface area contributed by atoms with Crippen molar-refractivity contribution < 1.29 is 4.79 Å². The summed E-state index contributed by atoms with van der Waals surface area (Å²) >= 11 is 0. The van der Waals surface area contributed by atoms with E-state index in [-0.39, 0.29) is 0 Å². The molecule has 21 heavy (non-hydrogen) atoms. The lowest BCUT2D eigenvalue weighted by Crippen LogP contribution is -2.34. The van der Waals surface area contributed by atoms with Gasteiger partial charge in [0.2, 0.25) is 0 Å². The molecule has 0 radical (unpaired) electrons. The third-order valence-corrected chi connectivity index (χ3v) is 4.92. The largest absolute Gasteiger partial charge is 0.314 e. The predicted molar refractivity (Wildman–Crippen MR) is 83.3 cm³/mol. The van der Waals surface area contributed by atoms with Crippen LogP contribution in [0.1, 0.15) is 69.5 Å². The van der Waals surface area contributed by atoms with Crippen LogP contribution in [0.15, 0.2) is 12.3 Å². The van der Waals surface area contributed by atoms with Crippen molar-refractivity contribution in [3.63, 3.8) is 0 Å². The first kappa shape index (κ1) is 14.8. The summed E-state index contributed by atoms with van der Waals surface area (Å²) in [5.41, 5.74) is 0.948. The van der Waals surface area contributed by atoms with Crippen molar-refractivity contribution >= 4 is 5.78 Å². The van der Waals surface area contributed by atoms with Gasteiger partial charge >= 0.3 is 0 Å². The first-order valence-electron chi connectivity index (χ1n) is 8.60. The van der Waals surface area contributed by atoms with E-state index in [4.69, 9.17) is 0 Å². The van der Waals surface area contributed by atoms with E-state index in [0.29, 0.717) is 30.7 Å². The Morgan fingerprint density at radius 3 is 2.81 bits per heavy atom. The molecule has 1 N–H and O–H groups in total. The fraction of sp³-hybridized carbons (Fsp3) is 0.765. The highest BCUT2D eigenvalue weighted by Gasteiger charge is 2.18. The number of Topliss-reactive ketones (excluding diaryl/α,β-unsaturated/α-hetero) is 1. The zero-order chi connectivity index (χ0) is 14.5. The molecule has 4 heteroatoms. The average molecular weight is 289 g/mol. The Morgan fingerprint density at radius 1 is 1.24 bits per heavy atom. The van der Waals surface area contributed by atoms with Crippen LogP contribution in [0.5, 0.6) is 0 Å². The summed E-state index contributed by atoms with van der Waals surface area (Å²) in [6, 6.07) is 3.15. The first-order chi connectivity index (χ1) is 10.3. The van der Waals surface area contributed by atoms with E-state index in [1.807, 2.05) is 6.07 Å². The highest BCUT2D eigenvalue weighted by molar-refractivity contribution is 5.80. The number of hydrogen-bond donors (Lipinski definition) is 1. The van der Waals surface area contributed by atoms with Gasteiger partial charge in [-0.1, -0.05) is 19.3 Å². The van der Waals surface area contributed by atoms with Crippen LogP contribution in [-0.2, 0) is 11.2 Å². The Kier molecular flexibility index (Phi) is 5.07. The average Bonchev–Trinajstić information content (AvgIpc) is 3.17. The minimum Gasteiger partial charge on any atom is -0.314 e. The molecule has 2 heterocycles. The van der Waals surface area contributed by atoms with Crippen molar-refractivity contribution in [2.24, 2.45) is 0 Å². The molecule has 1 aliphatic carbocycles. The second kappa shape index (κ2) is 7.21. The smallest absolute Gasteiger partial charge is 0.138 e. The van der Waals surface area contributed by atoms with Crippen molar-refractivity contribution in [1.29, 1.82) is 0 Å². The van der Waals surface area contributed by atoms with E-state index in [1.165, 1.54) is 44.9 Å². The molecule has 0 bridgehead atoms. The number of ketones is 1. The van der Waals surface area contributed by atoms with Crippen LogP contribution >= 0.6 is 0 Å². The lowest BCUT2D eigenvalue weighted by molar-refractivity contribution is -0.118. The van der Waals surface area contributed by atoms with Crippen LogP contribution in [0.4, 0.5) is 0 Å². The fourth-order valence-electron chi connectivity index (χ4n) is 3.64. The zero-order valence-corrected chi connectivity index (χ0v) is 12.9. The maximum absolute atomic E-state index is 12.1. The summed E-state index contributed by atoms with van der Waals surface area (Å²) < 4.78 is 2.08. The van der Waals surface area contributed by atoms with Crippen LogP contribution in [0, 0.1) is 0 Å². The lowest BCUT2D eigenvalue weighted by atomic mass is 9.98. The van der Waals surface area contributed by atoms with E-state index < -0.39 is 0 Å². The van der Waals surface area contributed by atoms with Crippen molar-refractivity contribution in [1.82, 2.24) is 15.1 Å². The molecule has 1 saturated heterocycles. The molecular weight excluding hydrogens is 262 g/mol. The molecule has 3 rings (SSSR count). The van der Waals surface area contributed by atoms with Crippen molar-refractivity contribution in [3.8, 4) is 0 Å². The predicted octanol–water partition coefficient (Wildman–Crippen LogP) is 3.03. The Balaban J connectivity index is 1.43. The third kappa shape index (κ3) is 4.16. The molecule has 116 valence electrons. The monoisotopic (exact) mass is 289 g/mol. The summed E-state index contributed by atoms with van der Waals surface area (Å²) in [6.45, 7) is 1.12. The van der Waals surface area contributed by atoms with Gasteiger partial charge in [-0.05, 0) is 44.7 Å². The Morgan fingerprint density at radius 2 is 2.05 bits per heavy atom. The van der Waals surface area contributed by atoms with Gasteiger partial charge < -0.3 is 5.32 Å². The van der Waals surface area contributed by atoms with Gasteiger partial charge in [0.05, 0.1) is 18.2 Å². The number of nitrogens with zero attached hydrogens (tertiary/aromatic N) is 2. The summed E-state index contributed by atoms with van der Waals surface area (Å²) in [5, 5.41) is 8.11. The molecule has 0 aromatic carbocycles. The van der Waals surface area contributed by atoms with Crippen LogP contribution in [0.3, 0.4) is 0 Å². The molecule has 1 saturated carbocycles. The Hall–Kier alpha value is -1.16. The number of hydrogen-bond acceptors (Lipinski definition) is 3. The van der Waals surface area contributed by atoms with E-state index >= 15 is 0 Å². The standard InChI is InChI=1S/C17H27N3O/c21-17(9-8-14-5-3-4-11-18-14)13-15-10-12-20(19-15)16-6-1-2-7-16/h10,12,14,16,18H,1-9,11,13H2. The third-order valence-electron chi connectivity index (χ3n) is 4.92. The summed E-state index contributed by atoms with van der Waals surface area (Å²) in [6.07, 6.45) is 13.2. The second-order valence-corrected chi connectivity index (χ2v) is 6.63. The number of nitrogens with one attached hydrogen (secondary N) is 1. The molecule has 2 fully saturated rings. The normalized spacial score (nSPS) is 23.5. The molecule has 1 unspecified atom stereocenters. The highest BCUT2D eigenvalue weighted by Crippen LogP contribution is 2.28. The molecule has 4 nitrogen and oxygen atoms in total. The molecule has 1 aromatic heterocycles. The number of aromatic nitrogens is 2. The fourth-order valence-corrected chi connectivity index (χ4v) is 3.64. The van der Waals surface area contributed by atoms with E-state index in [1.54, 1.807) is 0 Å². The Labute approximate surface area is 127 Å². The minimum atomic E-state index is 0.332. The molecule has 0 amide bonds. The summed E-state index contributed by atoms with van der Waals surface area (Å²) in [5.74, 6) is 0.332. The molecule has 1 aromatic rings. The molecule has 1 aliphatic heterocycles. The topological polar surface area (TPSA) is 46.9 Å². The first-order valence-corrected chi connectivity index (χ1v) is 8.60. The molecular formula is C17H27N3O. The van der Waals surface area contributed by atoms with Gasteiger partial charge in [0.1, 0.15) is 5.78 Å². The number of carbonyl (C=O) groups is 1. The van der Waals surface area contributed by atoms with Crippen LogP contribution in [0.25, 0.3) is 0 Å². The van der Waals surface area contributed by atoms with Gasteiger partial charge in [0, 0.05) is 18.7 Å². The highest BCUT2D eigenvalue weighted by atomic mass is 16.1.